The first kappa shape index (κ1) is 12.1. The van der Waals surface area contributed by atoms with Crippen LogP contribution in [0.4, 0.5) is 0 Å². The van der Waals surface area contributed by atoms with Gasteiger partial charge < -0.3 is 10.1 Å². The molecule has 0 saturated carbocycles. The third kappa shape index (κ3) is 3.07. The molecule has 2 atom stereocenters. The van der Waals surface area contributed by atoms with Crippen LogP contribution in [0, 0.1) is 0 Å². The minimum absolute atomic E-state index is 0.0433. The summed E-state index contributed by atoms with van der Waals surface area (Å²) >= 11 is 0. The Morgan fingerprint density at radius 3 is 2.76 bits per heavy atom. The van der Waals surface area contributed by atoms with Gasteiger partial charge in [-0.25, -0.2) is 0 Å². The zero-order chi connectivity index (χ0) is 12.1. The molecule has 0 aliphatic carbocycles. The van der Waals surface area contributed by atoms with E-state index in [1.807, 2.05) is 30.3 Å². The summed E-state index contributed by atoms with van der Waals surface area (Å²) < 4.78 is 5.56. The fourth-order valence-electron chi connectivity index (χ4n) is 2.40. The molecule has 1 aromatic rings. The van der Waals surface area contributed by atoms with Crippen LogP contribution in [0.5, 0.6) is 0 Å². The Morgan fingerprint density at radius 1 is 1.29 bits per heavy atom. The van der Waals surface area contributed by atoms with Crippen LogP contribution in [0.1, 0.15) is 37.4 Å². The van der Waals surface area contributed by atoms with Crippen molar-refractivity contribution in [1.29, 1.82) is 0 Å². The van der Waals surface area contributed by atoms with Crippen molar-refractivity contribution in [2.24, 2.45) is 0 Å². The fourth-order valence-corrected chi connectivity index (χ4v) is 2.40. The molecular formula is C14H19NO2. The molecule has 1 aliphatic rings. The third-order valence-electron chi connectivity index (χ3n) is 3.26. The van der Waals surface area contributed by atoms with Gasteiger partial charge in [-0.1, -0.05) is 36.8 Å². The maximum Gasteiger partial charge on any atom is 0.220 e. The standard InChI is InChI=1S/C14H19NO2/c1-17-14(11-7-3-2-4-8-11)12-9-5-6-10-13(16)15-12/h2-4,7-8,12,14H,5-6,9-10H2,1H3,(H,15,16). The number of ether oxygens (including phenoxy) is 1. The van der Waals surface area contributed by atoms with Gasteiger partial charge in [0.2, 0.25) is 5.91 Å². The van der Waals surface area contributed by atoms with Gasteiger partial charge in [0.15, 0.2) is 0 Å². The van der Waals surface area contributed by atoms with Crippen molar-refractivity contribution in [2.45, 2.75) is 37.8 Å². The summed E-state index contributed by atoms with van der Waals surface area (Å²) in [5, 5.41) is 3.06. The fraction of sp³-hybridized carbons (Fsp3) is 0.500. The van der Waals surface area contributed by atoms with Gasteiger partial charge in [0.25, 0.3) is 0 Å². The lowest BCUT2D eigenvalue weighted by molar-refractivity contribution is -0.122. The van der Waals surface area contributed by atoms with Crippen LogP contribution in [0.2, 0.25) is 0 Å². The number of hydrogen-bond acceptors (Lipinski definition) is 2. The van der Waals surface area contributed by atoms with Gasteiger partial charge in [-0.2, -0.15) is 0 Å². The number of rotatable bonds is 3. The lowest BCUT2D eigenvalue weighted by Gasteiger charge is -2.26. The molecule has 1 aromatic carbocycles. The molecule has 2 unspecified atom stereocenters. The second-order valence-corrected chi connectivity index (χ2v) is 4.49. The van der Waals surface area contributed by atoms with E-state index in [0.29, 0.717) is 6.42 Å². The molecule has 1 heterocycles. The molecule has 3 nitrogen and oxygen atoms in total. The third-order valence-corrected chi connectivity index (χ3v) is 3.26. The van der Waals surface area contributed by atoms with E-state index in [1.165, 1.54) is 0 Å². The number of benzene rings is 1. The van der Waals surface area contributed by atoms with Crippen molar-refractivity contribution >= 4 is 5.91 Å². The first-order valence-electron chi connectivity index (χ1n) is 6.18. The molecule has 1 amide bonds. The van der Waals surface area contributed by atoms with Crippen LogP contribution in [0.25, 0.3) is 0 Å². The largest absolute Gasteiger partial charge is 0.375 e. The molecule has 0 bridgehead atoms. The number of carbonyl (C=O) groups is 1. The zero-order valence-electron chi connectivity index (χ0n) is 10.2. The number of amides is 1. The number of nitrogens with one attached hydrogen (secondary N) is 1. The molecule has 2 rings (SSSR count). The molecule has 1 aliphatic heterocycles. The summed E-state index contributed by atoms with van der Waals surface area (Å²) in [7, 11) is 1.70. The monoisotopic (exact) mass is 233 g/mol. The highest BCUT2D eigenvalue weighted by Gasteiger charge is 2.26. The second-order valence-electron chi connectivity index (χ2n) is 4.49. The van der Waals surface area contributed by atoms with E-state index in [0.717, 1.165) is 24.8 Å². The minimum atomic E-state index is -0.0433. The number of methoxy groups -OCH3 is 1. The quantitative estimate of drug-likeness (QED) is 0.870. The van der Waals surface area contributed by atoms with Crippen molar-refractivity contribution in [3.05, 3.63) is 35.9 Å². The molecule has 17 heavy (non-hydrogen) atoms. The molecule has 0 radical (unpaired) electrons. The van der Waals surface area contributed by atoms with Crippen molar-refractivity contribution in [3.8, 4) is 0 Å². The zero-order valence-corrected chi connectivity index (χ0v) is 10.2. The highest BCUT2D eigenvalue weighted by molar-refractivity contribution is 5.76. The maximum atomic E-state index is 11.6. The maximum absolute atomic E-state index is 11.6. The Kier molecular flexibility index (Phi) is 4.15. The number of carbonyl (C=O) groups excluding carboxylic acids is 1. The normalized spacial score (nSPS) is 22.6. The van der Waals surface area contributed by atoms with Crippen molar-refractivity contribution in [3.63, 3.8) is 0 Å². The molecule has 1 saturated heterocycles. The average Bonchev–Trinajstić information content (AvgIpc) is 2.56. The highest BCUT2D eigenvalue weighted by atomic mass is 16.5. The molecule has 0 spiro atoms. The average molecular weight is 233 g/mol. The summed E-state index contributed by atoms with van der Waals surface area (Å²) in [5.74, 6) is 0.144. The van der Waals surface area contributed by atoms with Gasteiger partial charge in [-0.05, 0) is 18.4 Å². The topological polar surface area (TPSA) is 38.3 Å². The van der Waals surface area contributed by atoms with Gasteiger partial charge in [-0.3, -0.25) is 4.79 Å². The van der Waals surface area contributed by atoms with E-state index in [2.05, 4.69) is 5.32 Å². The van der Waals surface area contributed by atoms with Crippen LogP contribution in [0.3, 0.4) is 0 Å². The molecule has 0 aromatic heterocycles. The van der Waals surface area contributed by atoms with Gasteiger partial charge in [-0.15, -0.1) is 0 Å². The Bertz CT molecular complexity index is 364. The van der Waals surface area contributed by atoms with Gasteiger partial charge >= 0.3 is 0 Å². The van der Waals surface area contributed by atoms with E-state index >= 15 is 0 Å². The van der Waals surface area contributed by atoms with Crippen molar-refractivity contribution in [2.75, 3.05) is 7.11 Å². The van der Waals surface area contributed by atoms with Crippen LogP contribution in [-0.2, 0) is 9.53 Å². The first-order chi connectivity index (χ1) is 8.31. The number of hydrogen-bond donors (Lipinski definition) is 1. The molecule has 3 heteroatoms. The Labute approximate surface area is 102 Å². The summed E-state index contributed by atoms with van der Waals surface area (Å²) in [5.41, 5.74) is 1.13. The molecule has 1 N–H and O–H groups in total. The first-order valence-corrected chi connectivity index (χ1v) is 6.18. The summed E-state index contributed by atoms with van der Waals surface area (Å²) in [6.07, 6.45) is 3.64. The summed E-state index contributed by atoms with van der Waals surface area (Å²) in [6.45, 7) is 0. The van der Waals surface area contributed by atoms with Crippen LogP contribution in [-0.4, -0.2) is 19.1 Å². The molecule has 92 valence electrons. The van der Waals surface area contributed by atoms with E-state index in [9.17, 15) is 4.79 Å². The smallest absolute Gasteiger partial charge is 0.220 e. The van der Waals surface area contributed by atoms with Crippen molar-refractivity contribution in [1.82, 2.24) is 5.32 Å². The Hall–Kier alpha value is -1.35. The Morgan fingerprint density at radius 2 is 2.06 bits per heavy atom. The molecular weight excluding hydrogens is 214 g/mol. The van der Waals surface area contributed by atoms with E-state index in [1.54, 1.807) is 7.11 Å². The SMILES string of the molecule is COC(c1ccccc1)C1CCCCC(=O)N1. The predicted molar refractivity (Wildman–Crippen MR) is 66.6 cm³/mol. The van der Waals surface area contributed by atoms with Crippen LogP contribution < -0.4 is 5.32 Å². The molecule has 1 fully saturated rings. The van der Waals surface area contributed by atoms with Gasteiger partial charge in [0.1, 0.15) is 6.10 Å². The van der Waals surface area contributed by atoms with Gasteiger partial charge in [0.05, 0.1) is 6.04 Å². The second kappa shape index (κ2) is 5.82. The minimum Gasteiger partial charge on any atom is -0.375 e. The Balaban J connectivity index is 2.14. The summed E-state index contributed by atoms with van der Waals surface area (Å²) in [6, 6.07) is 10.2. The van der Waals surface area contributed by atoms with Crippen LogP contribution in [0.15, 0.2) is 30.3 Å². The van der Waals surface area contributed by atoms with Gasteiger partial charge in [0, 0.05) is 13.5 Å². The predicted octanol–water partition coefficient (Wildman–Crippen LogP) is 2.43. The van der Waals surface area contributed by atoms with E-state index < -0.39 is 0 Å². The highest BCUT2D eigenvalue weighted by Crippen LogP contribution is 2.25. The van der Waals surface area contributed by atoms with Crippen molar-refractivity contribution < 1.29 is 9.53 Å². The lowest BCUT2D eigenvalue weighted by atomic mass is 9.98. The summed E-state index contributed by atoms with van der Waals surface area (Å²) in [4.78, 5) is 11.6. The van der Waals surface area contributed by atoms with Crippen LogP contribution >= 0.6 is 0 Å². The van der Waals surface area contributed by atoms with E-state index in [4.69, 9.17) is 4.74 Å². The lowest BCUT2D eigenvalue weighted by Crippen LogP contribution is -2.38. The van der Waals surface area contributed by atoms with E-state index in [-0.39, 0.29) is 18.1 Å².